The normalized spacial score (nSPS) is 20.6. The smallest absolute Gasteiger partial charge is 0.271 e. The van der Waals surface area contributed by atoms with Crippen molar-refractivity contribution in [3.8, 4) is 5.69 Å². The molecule has 1 unspecified atom stereocenters. The zero-order valence-corrected chi connectivity index (χ0v) is 13.1. The van der Waals surface area contributed by atoms with Crippen molar-refractivity contribution >= 4 is 5.91 Å². The van der Waals surface area contributed by atoms with Gasteiger partial charge in [0.05, 0.1) is 11.8 Å². The lowest BCUT2D eigenvalue weighted by Gasteiger charge is -2.09. The lowest BCUT2D eigenvalue weighted by atomic mass is 10.2. The third-order valence-electron chi connectivity index (χ3n) is 4.48. The minimum absolute atomic E-state index is 0.114. The number of nitrogens with one attached hydrogen (secondary N) is 1. The van der Waals surface area contributed by atoms with E-state index in [4.69, 9.17) is 4.74 Å². The van der Waals surface area contributed by atoms with Crippen molar-refractivity contribution in [2.75, 3.05) is 13.2 Å². The van der Waals surface area contributed by atoms with E-state index in [1.54, 1.807) is 0 Å². The largest absolute Gasteiger partial charge is 0.376 e. The number of aromatic nitrogens is 2. The Bertz CT molecular complexity index is 686. The van der Waals surface area contributed by atoms with Crippen molar-refractivity contribution in [3.63, 3.8) is 0 Å². The fourth-order valence-corrected chi connectivity index (χ4v) is 3.05. The molecule has 5 nitrogen and oxygen atoms in total. The van der Waals surface area contributed by atoms with E-state index in [0.717, 1.165) is 30.8 Å². The molecule has 1 aliphatic heterocycles. The fourth-order valence-electron chi connectivity index (χ4n) is 3.05. The van der Waals surface area contributed by atoms with Crippen molar-refractivity contribution in [2.45, 2.75) is 37.7 Å². The summed E-state index contributed by atoms with van der Waals surface area (Å²) in [6.45, 7) is 1.37. The highest BCUT2D eigenvalue weighted by atomic mass is 16.5. The number of nitrogens with zero attached hydrogens (tertiary/aromatic N) is 2. The minimum atomic E-state index is -0.114. The van der Waals surface area contributed by atoms with E-state index < -0.39 is 0 Å². The lowest BCUT2D eigenvalue weighted by Crippen LogP contribution is -2.32. The predicted molar refractivity (Wildman–Crippen MR) is 86.8 cm³/mol. The molecular weight excluding hydrogens is 290 g/mol. The molecule has 5 heteroatoms. The van der Waals surface area contributed by atoms with Crippen LogP contribution in [0.3, 0.4) is 0 Å². The number of amides is 1. The van der Waals surface area contributed by atoms with Crippen LogP contribution in [0.2, 0.25) is 0 Å². The van der Waals surface area contributed by atoms with Gasteiger partial charge in [0.15, 0.2) is 5.69 Å². The first-order valence-electron chi connectivity index (χ1n) is 8.36. The average molecular weight is 311 g/mol. The Morgan fingerprint density at radius 2 is 2.09 bits per heavy atom. The fraction of sp³-hybridized carbons (Fsp3) is 0.444. The maximum atomic E-state index is 12.4. The number of carbonyl (C=O) groups is 1. The number of benzene rings is 1. The summed E-state index contributed by atoms with van der Waals surface area (Å²) >= 11 is 0. The monoisotopic (exact) mass is 311 g/mol. The van der Waals surface area contributed by atoms with E-state index in [-0.39, 0.29) is 12.0 Å². The van der Waals surface area contributed by atoms with Crippen LogP contribution in [0.1, 0.15) is 47.8 Å². The summed E-state index contributed by atoms with van der Waals surface area (Å²) in [5.41, 5.74) is 2.64. The molecule has 0 bridgehead atoms. The standard InChI is InChI=1S/C18H21N3O2/c22-18(19-12-15-7-4-10-23-15)16-11-17(13-8-9-13)21(20-16)14-5-2-1-3-6-14/h1-3,5-6,11,13,15H,4,7-10,12H2,(H,19,22). The Morgan fingerprint density at radius 3 is 2.78 bits per heavy atom. The summed E-state index contributed by atoms with van der Waals surface area (Å²) in [4.78, 5) is 12.4. The Hall–Kier alpha value is -2.14. The third-order valence-corrected chi connectivity index (χ3v) is 4.48. The Balaban J connectivity index is 1.53. The van der Waals surface area contributed by atoms with Crippen LogP contribution >= 0.6 is 0 Å². The van der Waals surface area contributed by atoms with Gasteiger partial charge in [-0.1, -0.05) is 18.2 Å². The van der Waals surface area contributed by atoms with Crippen molar-refractivity contribution in [2.24, 2.45) is 0 Å². The van der Waals surface area contributed by atoms with Gasteiger partial charge >= 0.3 is 0 Å². The second-order valence-electron chi connectivity index (χ2n) is 6.32. The molecule has 1 saturated heterocycles. The molecule has 120 valence electrons. The zero-order valence-electron chi connectivity index (χ0n) is 13.1. The molecule has 1 aliphatic carbocycles. The number of rotatable bonds is 5. The van der Waals surface area contributed by atoms with Gasteiger partial charge in [0.1, 0.15) is 0 Å². The first kappa shape index (κ1) is 14.5. The molecule has 1 saturated carbocycles. The molecule has 1 atom stereocenters. The van der Waals surface area contributed by atoms with Gasteiger partial charge in [0.2, 0.25) is 0 Å². The summed E-state index contributed by atoms with van der Waals surface area (Å²) in [5.74, 6) is 0.416. The van der Waals surface area contributed by atoms with Crippen molar-refractivity contribution < 1.29 is 9.53 Å². The van der Waals surface area contributed by atoms with Gasteiger partial charge in [-0.2, -0.15) is 5.10 Å². The first-order chi connectivity index (χ1) is 11.3. The summed E-state index contributed by atoms with van der Waals surface area (Å²) < 4.78 is 7.46. The molecule has 0 spiro atoms. The molecule has 1 aromatic carbocycles. The van der Waals surface area contributed by atoms with Crippen LogP contribution in [0.25, 0.3) is 5.69 Å². The van der Waals surface area contributed by atoms with Crippen LogP contribution in [0.4, 0.5) is 0 Å². The second-order valence-corrected chi connectivity index (χ2v) is 6.32. The summed E-state index contributed by atoms with van der Waals surface area (Å²) in [6.07, 6.45) is 4.60. The van der Waals surface area contributed by atoms with E-state index in [1.807, 2.05) is 41.1 Å². The average Bonchev–Trinajstić information content (AvgIpc) is 3.13. The highest BCUT2D eigenvalue weighted by Crippen LogP contribution is 2.41. The molecule has 2 aliphatic rings. The second kappa shape index (κ2) is 6.16. The van der Waals surface area contributed by atoms with Crippen molar-refractivity contribution in [1.29, 1.82) is 0 Å². The van der Waals surface area contributed by atoms with Crippen molar-refractivity contribution in [3.05, 3.63) is 47.8 Å². The zero-order chi connectivity index (χ0) is 15.6. The van der Waals surface area contributed by atoms with Gasteiger partial charge < -0.3 is 10.1 Å². The van der Waals surface area contributed by atoms with E-state index >= 15 is 0 Å². The van der Waals surface area contributed by atoms with E-state index in [2.05, 4.69) is 10.4 Å². The summed E-state index contributed by atoms with van der Waals surface area (Å²) in [5, 5.41) is 7.50. The van der Waals surface area contributed by atoms with Crippen LogP contribution in [-0.4, -0.2) is 34.9 Å². The molecular formula is C18H21N3O2. The maximum Gasteiger partial charge on any atom is 0.271 e. The molecule has 2 heterocycles. The van der Waals surface area contributed by atoms with Crippen LogP contribution in [0.15, 0.2) is 36.4 Å². The predicted octanol–water partition coefficient (Wildman–Crippen LogP) is 2.66. The minimum Gasteiger partial charge on any atom is -0.376 e. The number of carbonyl (C=O) groups excluding carboxylic acids is 1. The first-order valence-corrected chi connectivity index (χ1v) is 8.36. The number of hydrogen-bond donors (Lipinski definition) is 1. The molecule has 23 heavy (non-hydrogen) atoms. The Morgan fingerprint density at radius 1 is 1.26 bits per heavy atom. The van der Waals surface area contributed by atoms with Gasteiger partial charge in [0.25, 0.3) is 5.91 Å². The van der Waals surface area contributed by atoms with Crippen LogP contribution in [0, 0.1) is 0 Å². The SMILES string of the molecule is O=C(NCC1CCCO1)c1cc(C2CC2)n(-c2ccccc2)n1. The van der Waals surface area contributed by atoms with Gasteiger partial charge in [0, 0.05) is 24.8 Å². The molecule has 1 N–H and O–H groups in total. The maximum absolute atomic E-state index is 12.4. The van der Waals surface area contributed by atoms with Crippen LogP contribution in [0.5, 0.6) is 0 Å². The molecule has 2 aromatic rings. The van der Waals surface area contributed by atoms with E-state index in [0.29, 0.717) is 18.2 Å². The highest BCUT2D eigenvalue weighted by molar-refractivity contribution is 5.92. The van der Waals surface area contributed by atoms with Gasteiger partial charge in [-0.15, -0.1) is 0 Å². The van der Waals surface area contributed by atoms with E-state index in [9.17, 15) is 4.79 Å². The summed E-state index contributed by atoms with van der Waals surface area (Å²) in [6, 6.07) is 11.9. The molecule has 4 rings (SSSR count). The lowest BCUT2D eigenvalue weighted by molar-refractivity contribution is 0.0853. The Labute approximate surface area is 135 Å². The van der Waals surface area contributed by atoms with E-state index in [1.165, 1.54) is 12.8 Å². The third kappa shape index (κ3) is 3.15. The Kier molecular flexibility index (Phi) is 3.87. The molecule has 0 radical (unpaired) electrons. The molecule has 2 fully saturated rings. The van der Waals surface area contributed by atoms with Gasteiger partial charge in [-0.05, 0) is 43.9 Å². The molecule has 1 amide bonds. The number of ether oxygens (including phenoxy) is 1. The highest BCUT2D eigenvalue weighted by Gasteiger charge is 2.30. The molecule has 1 aromatic heterocycles. The topological polar surface area (TPSA) is 56.1 Å². The van der Waals surface area contributed by atoms with Crippen LogP contribution < -0.4 is 5.32 Å². The van der Waals surface area contributed by atoms with Gasteiger partial charge in [-0.25, -0.2) is 4.68 Å². The summed E-state index contributed by atoms with van der Waals surface area (Å²) in [7, 11) is 0. The number of hydrogen-bond acceptors (Lipinski definition) is 3. The van der Waals surface area contributed by atoms with Gasteiger partial charge in [-0.3, -0.25) is 4.79 Å². The van der Waals surface area contributed by atoms with Crippen molar-refractivity contribution in [1.82, 2.24) is 15.1 Å². The quantitative estimate of drug-likeness (QED) is 0.923. The number of para-hydroxylation sites is 1. The van der Waals surface area contributed by atoms with Crippen LogP contribution in [-0.2, 0) is 4.74 Å².